The van der Waals surface area contributed by atoms with E-state index in [0.29, 0.717) is 21.5 Å². The standard InChI is InChI=1S/C12H14Cl2INO/c1-7(2)11(6-15)16-12(17)8-3-9(13)5-10(14)4-8/h3-5,7,11H,6H2,1-2H3,(H,16,17). The Kier molecular flexibility index (Phi) is 6.03. The van der Waals surface area contributed by atoms with Gasteiger partial charge in [-0.2, -0.15) is 0 Å². The average Bonchev–Trinajstić information content (AvgIpc) is 2.23. The molecule has 0 heterocycles. The number of carbonyl (C=O) groups is 1. The summed E-state index contributed by atoms with van der Waals surface area (Å²) in [4.78, 5) is 12.0. The maximum atomic E-state index is 12.0. The Labute approximate surface area is 125 Å². The van der Waals surface area contributed by atoms with Gasteiger partial charge in [-0.05, 0) is 24.1 Å². The van der Waals surface area contributed by atoms with Gasteiger partial charge in [0, 0.05) is 26.1 Å². The first kappa shape index (κ1) is 15.1. The van der Waals surface area contributed by atoms with Crippen molar-refractivity contribution < 1.29 is 4.79 Å². The Morgan fingerprint density at radius 1 is 1.29 bits per heavy atom. The van der Waals surface area contributed by atoms with Crippen LogP contribution in [0.25, 0.3) is 0 Å². The van der Waals surface area contributed by atoms with Gasteiger partial charge in [0.25, 0.3) is 5.91 Å². The van der Waals surface area contributed by atoms with Crippen molar-refractivity contribution in [2.75, 3.05) is 4.43 Å². The minimum atomic E-state index is -0.134. The molecule has 0 bridgehead atoms. The third-order valence-electron chi connectivity index (χ3n) is 2.41. The molecular formula is C12H14Cl2INO. The molecule has 17 heavy (non-hydrogen) atoms. The fourth-order valence-electron chi connectivity index (χ4n) is 1.32. The Balaban J connectivity index is 2.82. The molecular weight excluding hydrogens is 372 g/mol. The number of hydrogen-bond acceptors (Lipinski definition) is 1. The van der Waals surface area contributed by atoms with Crippen LogP contribution in [-0.4, -0.2) is 16.4 Å². The SMILES string of the molecule is CC(C)C(CI)NC(=O)c1cc(Cl)cc(Cl)c1. The van der Waals surface area contributed by atoms with E-state index < -0.39 is 0 Å². The topological polar surface area (TPSA) is 29.1 Å². The molecule has 94 valence electrons. The van der Waals surface area contributed by atoms with Gasteiger partial charge in [-0.15, -0.1) is 0 Å². The van der Waals surface area contributed by atoms with Gasteiger partial charge in [-0.25, -0.2) is 0 Å². The zero-order valence-corrected chi connectivity index (χ0v) is 13.3. The second-order valence-electron chi connectivity index (χ2n) is 4.14. The van der Waals surface area contributed by atoms with Crippen LogP contribution in [0.5, 0.6) is 0 Å². The van der Waals surface area contributed by atoms with Crippen LogP contribution >= 0.6 is 45.8 Å². The highest BCUT2D eigenvalue weighted by atomic mass is 127. The van der Waals surface area contributed by atoms with Crippen LogP contribution < -0.4 is 5.32 Å². The number of alkyl halides is 1. The largest absolute Gasteiger partial charge is 0.348 e. The zero-order chi connectivity index (χ0) is 13.0. The lowest BCUT2D eigenvalue weighted by Gasteiger charge is -2.20. The van der Waals surface area contributed by atoms with Gasteiger partial charge >= 0.3 is 0 Å². The molecule has 5 heteroatoms. The molecule has 2 nitrogen and oxygen atoms in total. The van der Waals surface area contributed by atoms with E-state index in [4.69, 9.17) is 23.2 Å². The van der Waals surface area contributed by atoms with Gasteiger partial charge in [0.15, 0.2) is 0 Å². The highest BCUT2D eigenvalue weighted by Gasteiger charge is 2.16. The molecule has 0 saturated heterocycles. The molecule has 0 aromatic heterocycles. The van der Waals surface area contributed by atoms with E-state index in [9.17, 15) is 4.79 Å². The van der Waals surface area contributed by atoms with Crippen LogP contribution in [0.4, 0.5) is 0 Å². The van der Waals surface area contributed by atoms with Gasteiger partial charge in [-0.3, -0.25) is 4.79 Å². The summed E-state index contributed by atoms with van der Waals surface area (Å²) in [5, 5.41) is 3.91. The van der Waals surface area contributed by atoms with Crippen molar-refractivity contribution in [2.45, 2.75) is 19.9 Å². The lowest BCUT2D eigenvalue weighted by molar-refractivity contribution is 0.0932. The molecule has 1 aromatic rings. The summed E-state index contributed by atoms with van der Waals surface area (Å²) in [6, 6.07) is 5.00. The van der Waals surface area contributed by atoms with Gasteiger partial charge in [0.05, 0.1) is 0 Å². The van der Waals surface area contributed by atoms with Crippen LogP contribution in [0.2, 0.25) is 10.0 Å². The zero-order valence-electron chi connectivity index (χ0n) is 9.64. The van der Waals surface area contributed by atoms with Gasteiger partial charge in [0.1, 0.15) is 0 Å². The highest BCUT2D eigenvalue weighted by Crippen LogP contribution is 2.19. The molecule has 0 saturated carbocycles. The second kappa shape index (κ2) is 6.81. The van der Waals surface area contributed by atoms with E-state index >= 15 is 0 Å². The Morgan fingerprint density at radius 3 is 2.24 bits per heavy atom. The summed E-state index contributed by atoms with van der Waals surface area (Å²) in [6.45, 7) is 4.16. The van der Waals surface area contributed by atoms with Gasteiger partial charge in [-0.1, -0.05) is 59.6 Å². The van der Waals surface area contributed by atoms with E-state index in [1.807, 2.05) is 0 Å². The molecule has 1 aromatic carbocycles. The Morgan fingerprint density at radius 2 is 1.82 bits per heavy atom. The minimum Gasteiger partial charge on any atom is -0.348 e. The second-order valence-corrected chi connectivity index (χ2v) is 5.89. The fourth-order valence-corrected chi connectivity index (χ4v) is 3.08. The normalized spacial score (nSPS) is 12.6. The lowest BCUT2D eigenvalue weighted by Crippen LogP contribution is -2.39. The smallest absolute Gasteiger partial charge is 0.251 e. The quantitative estimate of drug-likeness (QED) is 0.611. The van der Waals surface area contributed by atoms with Crippen molar-refractivity contribution in [2.24, 2.45) is 5.92 Å². The van der Waals surface area contributed by atoms with Crippen molar-refractivity contribution in [3.05, 3.63) is 33.8 Å². The maximum Gasteiger partial charge on any atom is 0.251 e. The first-order chi connectivity index (χ1) is 7.93. The third kappa shape index (κ3) is 4.64. The lowest BCUT2D eigenvalue weighted by atomic mass is 10.1. The third-order valence-corrected chi connectivity index (χ3v) is 3.80. The Bertz CT molecular complexity index is 389. The minimum absolute atomic E-state index is 0.134. The van der Waals surface area contributed by atoms with E-state index in [1.54, 1.807) is 18.2 Å². The van der Waals surface area contributed by atoms with Crippen molar-refractivity contribution in [3.63, 3.8) is 0 Å². The van der Waals surface area contributed by atoms with E-state index in [0.717, 1.165) is 4.43 Å². The van der Waals surface area contributed by atoms with Crippen molar-refractivity contribution in [1.29, 1.82) is 0 Å². The number of rotatable bonds is 4. The van der Waals surface area contributed by atoms with E-state index in [1.165, 1.54) is 0 Å². The molecule has 0 fully saturated rings. The molecule has 0 aliphatic rings. The summed E-state index contributed by atoms with van der Waals surface area (Å²) in [5.74, 6) is 0.260. The number of nitrogens with one attached hydrogen (secondary N) is 1. The monoisotopic (exact) mass is 385 g/mol. The summed E-state index contributed by atoms with van der Waals surface area (Å²) in [7, 11) is 0. The van der Waals surface area contributed by atoms with Crippen LogP contribution in [0.3, 0.4) is 0 Å². The van der Waals surface area contributed by atoms with Crippen molar-refractivity contribution in [3.8, 4) is 0 Å². The molecule has 0 radical (unpaired) electrons. The number of carbonyl (C=O) groups excluding carboxylic acids is 1. The number of benzene rings is 1. The highest BCUT2D eigenvalue weighted by molar-refractivity contribution is 14.1. The van der Waals surface area contributed by atoms with Gasteiger partial charge in [0.2, 0.25) is 0 Å². The number of hydrogen-bond donors (Lipinski definition) is 1. The molecule has 1 rings (SSSR count). The van der Waals surface area contributed by atoms with Crippen LogP contribution in [-0.2, 0) is 0 Å². The van der Waals surface area contributed by atoms with Gasteiger partial charge < -0.3 is 5.32 Å². The maximum absolute atomic E-state index is 12.0. The van der Waals surface area contributed by atoms with Crippen molar-refractivity contribution in [1.82, 2.24) is 5.32 Å². The average molecular weight is 386 g/mol. The number of halogens is 3. The molecule has 1 atom stereocenters. The molecule has 1 unspecified atom stereocenters. The Hall–Kier alpha value is -0.0000000000000000555. The fraction of sp³-hybridized carbons (Fsp3) is 0.417. The van der Waals surface area contributed by atoms with Crippen LogP contribution in [0.15, 0.2) is 18.2 Å². The van der Waals surface area contributed by atoms with E-state index in [2.05, 4.69) is 41.8 Å². The predicted octanol–water partition coefficient (Wildman–Crippen LogP) is 4.18. The number of amides is 1. The van der Waals surface area contributed by atoms with Crippen LogP contribution in [0, 0.1) is 5.92 Å². The summed E-state index contributed by atoms with van der Waals surface area (Å²) >= 11 is 14.0. The van der Waals surface area contributed by atoms with Crippen LogP contribution in [0.1, 0.15) is 24.2 Å². The summed E-state index contributed by atoms with van der Waals surface area (Å²) in [5.41, 5.74) is 0.498. The molecule has 1 amide bonds. The molecule has 0 aliphatic heterocycles. The predicted molar refractivity (Wildman–Crippen MR) is 81.4 cm³/mol. The van der Waals surface area contributed by atoms with E-state index in [-0.39, 0.29) is 11.9 Å². The summed E-state index contributed by atoms with van der Waals surface area (Å²) in [6.07, 6.45) is 0. The first-order valence-corrected chi connectivity index (χ1v) is 7.55. The first-order valence-electron chi connectivity index (χ1n) is 5.27. The summed E-state index contributed by atoms with van der Waals surface area (Å²) < 4.78 is 0.871. The van der Waals surface area contributed by atoms with Crippen molar-refractivity contribution >= 4 is 51.7 Å². The molecule has 0 spiro atoms. The molecule has 0 aliphatic carbocycles. The molecule has 1 N–H and O–H groups in total.